The molecule has 1 aliphatic heterocycles. The number of hydrogen-bond acceptors (Lipinski definition) is 4. The Bertz CT molecular complexity index is 980. The Balaban J connectivity index is 1.74. The van der Waals surface area contributed by atoms with Gasteiger partial charge in [0.1, 0.15) is 6.04 Å². The minimum Gasteiger partial charge on any atom is -0.348 e. The summed E-state index contributed by atoms with van der Waals surface area (Å²) in [6.45, 7) is 10.0. The molecule has 1 aromatic carbocycles. The Labute approximate surface area is 173 Å². The van der Waals surface area contributed by atoms with Gasteiger partial charge in [0.2, 0.25) is 15.9 Å². The van der Waals surface area contributed by atoms with E-state index in [1.807, 2.05) is 69.6 Å². The number of nitrogens with one attached hydrogen (secondary N) is 1. The number of amides is 1. The maximum atomic E-state index is 12.9. The van der Waals surface area contributed by atoms with Gasteiger partial charge in [-0.1, -0.05) is 26.0 Å². The van der Waals surface area contributed by atoms with Crippen LogP contribution in [-0.4, -0.2) is 46.8 Å². The number of aromatic nitrogens is 2. The summed E-state index contributed by atoms with van der Waals surface area (Å²) in [5, 5.41) is 7.49. The van der Waals surface area contributed by atoms with E-state index >= 15 is 0 Å². The highest BCUT2D eigenvalue weighted by molar-refractivity contribution is 7.89. The van der Waals surface area contributed by atoms with Gasteiger partial charge < -0.3 is 5.32 Å². The zero-order valence-corrected chi connectivity index (χ0v) is 18.5. The van der Waals surface area contributed by atoms with E-state index in [0.717, 1.165) is 22.6 Å². The summed E-state index contributed by atoms with van der Waals surface area (Å²) in [6, 6.07) is 8.99. The smallest absolute Gasteiger partial charge is 0.239 e. The monoisotopic (exact) mass is 418 g/mol. The van der Waals surface area contributed by atoms with E-state index in [2.05, 4.69) is 10.4 Å². The molecular weight excluding hydrogens is 388 g/mol. The molecule has 1 amide bonds. The van der Waals surface area contributed by atoms with Crippen LogP contribution in [0.2, 0.25) is 0 Å². The third-order valence-electron chi connectivity index (χ3n) is 5.35. The molecule has 3 rings (SSSR count). The zero-order chi connectivity index (χ0) is 21.3. The zero-order valence-electron chi connectivity index (χ0n) is 17.7. The second-order valence-electron chi connectivity index (χ2n) is 8.13. The molecule has 7 nitrogen and oxygen atoms in total. The second kappa shape index (κ2) is 8.28. The van der Waals surface area contributed by atoms with Crippen LogP contribution >= 0.6 is 0 Å². The first kappa shape index (κ1) is 21.5. The van der Waals surface area contributed by atoms with Crippen LogP contribution in [-0.2, 0) is 14.8 Å². The second-order valence-corrected chi connectivity index (χ2v) is 10.2. The van der Waals surface area contributed by atoms with Gasteiger partial charge in [-0.15, -0.1) is 0 Å². The standard InChI is InChI=1S/C21H30N4O3S/c1-14(2)20(24-11-6-12-29(24,27)28)21(26)22-17(5)18-7-9-19(10-8-18)25-16(4)13-15(3)23-25/h7-10,13-14,17,20H,6,11-12H2,1-5H3,(H,22,26)/t17-,20-/m1/s1. The number of nitrogens with zero attached hydrogens (tertiary/aromatic N) is 3. The molecule has 29 heavy (non-hydrogen) atoms. The van der Waals surface area contributed by atoms with Crippen LogP contribution in [0.4, 0.5) is 0 Å². The van der Waals surface area contributed by atoms with Gasteiger partial charge in [0, 0.05) is 12.2 Å². The third-order valence-corrected chi connectivity index (χ3v) is 7.28. The average molecular weight is 419 g/mol. The van der Waals surface area contributed by atoms with Crippen molar-refractivity contribution in [3.05, 3.63) is 47.3 Å². The normalized spacial score (nSPS) is 18.7. The molecule has 2 heterocycles. The molecule has 158 valence electrons. The van der Waals surface area contributed by atoms with Crippen LogP contribution < -0.4 is 5.32 Å². The first-order valence-corrected chi connectivity index (χ1v) is 11.6. The Hall–Kier alpha value is -2.19. The van der Waals surface area contributed by atoms with Crippen molar-refractivity contribution in [2.24, 2.45) is 5.92 Å². The summed E-state index contributed by atoms with van der Waals surface area (Å²) < 4.78 is 27.9. The highest BCUT2D eigenvalue weighted by atomic mass is 32.2. The van der Waals surface area contributed by atoms with Crippen molar-refractivity contribution in [1.82, 2.24) is 19.4 Å². The van der Waals surface area contributed by atoms with Crippen LogP contribution in [0.15, 0.2) is 30.3 Å². The fourth-order valence-corrected chi connectivity index (χ4v) is 5.73. The lowest BCUT2D eigenvalue weighted by atomic mass is 10.0. The molecule has 2 atom stereocenters. The summed E-state index contributed by atoms with van der Waals surface area (Å²) in [4.78, 5) is 12.9. The molecule has 0 radical (unpaired) electrons. The average Bonchev–Trinajstić information content (AvgIpc) is 3.15. The van der Waals surface area contributed by atoms with E-state index in [1.54, 1.807) is 0 Å². The van der Waals surface area contributed by atoms with Gasteiger partial charge in [-0.3, -0.25) is 4.79 Å². The van der Waals surface area contributed by atoms with Crippen LogP contribution in [0.3, 0.4) is 0 Å². The van der Waals surface area contributed by atoms with Gasteiger partial charge in [0.05, 0.1) is 23.2 Å². The van der Waals surface area contributed by atoms with Crippen LogP contribution in [0.25, 0.3) is 5.69 Å². The molecule has 1 saturated heterocycles. The van der Waals surface area contributed by atoms with Gasteiger partial charge in [-0.25, -0.2) is 13.1 Å². The van der Waals surface area contributed by atoms with E-state index in [9.17, 15) is 13.2 Å². The summed E-state index contributed by atoms with van der Waals surface area (Å²) in [7, 11) is -3.35. The minimum absolute atomic E-state index is 0.108. The Morgan fingerprint density at radius 1 is 1.14 bits per heavy atom. The molecule has 0 bridgehead atoms. The number of aryl methyl sites for hydroxylation is 2. The fraction of sp³-hybridized carbons (Fsp3) is 0.524. The van der Waals surface area contributed by atoms with Crippen molar-refractivity contribution in [3.8, 4) is 5.69 Å². The molecule has 1 fully saturated rings. The Morgan fingerprint density at radius 2 is 1.79 bits per heavy atom. The summed E-state index contributed by atoms with van der Waals surface area (Å²) >= 11 is 0. The largest absolute Gasteiger partial charge is 0.348 e. The predicted octanol–water partition coefficient (Wildman–Crippen LogP) is 2.73. The van der Waals surface area contributed by atoms with Crippen molar-refractivity contribution < 1.29 is 13.2 Å². The number of rotatable bonds is 6. The highest BCUT2D eigenvalue weighted by Gasteiger charge is 2.40. The van der Waals surface area contributed by atoms with Gasteiger partial charge in [0.25, 0.3) is 0 Å². The van der Waals surface area contributed by atoms with Crippen LogP contribution in [0.5, 0.6) is 0 Å². The van der Waals surface area contributed by atoms with Crippen molar-refractivity contribution >= 4 is 15.9 Å². The van der Waals surface area contributed by atoms with Gasteiger partial charge in [0.15, 0.2) is 0 Å². The van der Waals surface area contributed by atoms with Crippen molar-refractivity contribution in [1.29, 1.82) is 0 Å². The lowest BCUT2D eigenvalue weighted by Crippen LogP contribution is -2.50. The Morgan fingerprint density at radius 3 is 2.28 bits per heavy atom. The van der Waals surface area contributed by atoms with Crippen molar-refractivity contribution in [2.75, 3.05) is 12.3 Å². The highest BCUT2D eigenvalue weighted by Crippen LogP contribution is 2.24. The summed E-state index contributed by atoms with van der Waals surface area (Å²) in [6.07, 6.45) is 0.572. The van der Waals surface area contributed by atoms with Gasteiger partial charge >= 0.3 is 0 Å². The number of carbonyl (C=O) groups is 1. The van der Waals surface area contributed by atoms with E-state index in [1.165, 1.54) is 4.31 Å². The van der Waals surface area contributed by atoms with Crippen LogP contribution in [0, 0.1) is 19.8 Å². The van der Waals surface area contributed by atoms with E-state index in [4.69, 9.17) is 0 Å². The van der Waals surface area contributed by atoms with Gasteiger partial charge in [-0.2, -0.15) is 9.40 Å². The minimum atomic E-state index is -3.35. The number of carbonyl (C=O) groups excluding carboxylic acids is 1. The third kappa shape index (κ3) is 4.53. The maximum absolute atomic E-state index is 12.9. The maximum Gasteiger partial charge on any atom is 0.239 e. The number of benzene rings is 1. The summed E-state index contributed by atoms with van der Waals surface area (Å²) in [5.41, 5.74) is 3.93. The first-order chi connectivity index (χ1) is 13.6. The first-order valence-electron chi connectivity index (χ1n) is 10.0. The molecule has 0 saturated carbocycles. The number of hydrogen-bond donors (Lipinski definition) is 1. The van der Waals surface area contributed by atoms with E-state index in [-0.39, 0.29) is 23.6 Å². The molecule has 0 unspecified atom stereocenters. The molecule has 2 aromatic rings. The quantitative estimate of drug-likeness (QED) is 0.782. The van der Waals surface area contributed by atoms with Crippen molar-refractivity contribution in [2.45, 2.75) is 53.1 Å². The summed E-state index contributed by atoms with van der Waals surface area (Å²) in [5.74, 6) is -0.239. The topological polar surface area (TPSA) is 84.3 Å². The lowest BCUT2D eigenvalue weighted by Gasteiger charge is -2.29. The predicted molar refractivity (Wildman–Crippen MR) is 113 cm³/mol. The molecule has 0 spiro atoms. The fourth-order valence-electron chi connectivity index (χ4n) is 3.91. The van der Waals surface area contributed by atoms with E-state index in [0.29, 0.717) is 13.0 Å². The number of sulfonamides is 1. The molecular formula is C21H30N4O3S. The van der Waals surface area contributed by atoms with Crippen molar-refractivity contribution in [3.63, 3.8) is 0 Å². The lowest BCUT2D eigenvalue weighted by molar-refractivity contribution is -0.126. The van der Waals surface area contributed by atoms with E-state index < -0.39 is 16.1 Å². The molecule has 1 N–H and O–H groups in total. The SMILES string of the molecule is Cc1cc(C)n(-c2ccc([C@@H](C)NC(=O)[C@@H](C(C)C)N3CCCS3(=O)=O)cc2)n1. The molecule has 8 heteroatoms. The molecule has 0 aliphatic carbocycles. The Kier molecular flexibility index (Phi) is 6.14. The molecule has 1 aliphatic rings. The molecule has 1 aromatic heterocycles. The van der Waals surface area contributed by atoms with Gasteiger partial charge in [-0.05, 0) is 56.9 Å². The van der Waals surface area contributed by atoms with Crippen LogP contribution in [0.1, 0.15) is 50.2 Å².